The van der Waals surface area contributed by atoms with Crippen LogP contribution in [0, 0.1) is 5.92 Å². The third kappa shape index (κ3) is 5.73. The Kier molecular flexibility index (Phi) is 7.03. The number of carbonyl (C=O) groups excluding carboxylic acids is 2. The highest BCUT2D eigenvalue weighted by Gasteiger charge is 2.39. The molecule has 6 heteroatoms. The zero-order chi connectivity index (χ0) is 19.2. The number of aromatic hydroxyl groups is 1. The van der Waals surface area contributed by atoms with Gasteiger partial charge in [-0.2, -0.15) is 0 Å². The molecule has 0 bridgehead atoms. The number of rotatable bonds is 8. The average Bonchev–Trinajstić information content (AvgIpc) is 3.03. The van der Waals surface area contributed by atoms with Crippen LogP contribution in [0.5, 0.6) is 5.75 Å². The Labute approximate surface area is 155 Å². The van der Waals surface area contributed by atoms with Crippen LogP contribution in [0.1, 0.15) is 51.5 Å². The highest BCUT2D eigenvalue weighted by atomic mass is 16.5. The van der Waals surface area contributed by atoms with E-state index in [9.17, 15) is 14.7 Å². The first-order valence-electron chi connectivity index (χ1n) is 9.34. The fourth-order valence-corrected chi connectivity index (χ4v) is 3.09. The normalized spacial score (nSPS) is 17.1. The van der Waals surface area contributed by atoms with Gasteiger partial charge in [-0.15, -0.1) is 0 Å². The van der Waals surface area contributed by atoms with E-state index in [1.54, 1.807) is 24.3 Å². The zero-order valence-corrected chi connectivity index (χ0v) is 15.7. The Morgan fingerprint density at radius 2 is 1.85 bits per heavy atom. The number of hydrogen-bond acceptors (Lipinski definition) is 5. The maximum absolute atomic E-state index is 12.6. The molecule has 0 heterocycles. The smallest absolute Gasteiger partial charge is 0.328 e. The number of esters is 1. The van der Waals surface area contributed by atoms with Gasteiger partial charge in [0.2, 0.25) is 5.91 Å². The number of nitrogens with two attached hydrogens (primary N) is 1. The molecule has 1 aromatic rings. The molecule has 0 aliphatic heterocycles. The Morgan fingerprint density at radius 1 is 1.23 bits per heavy atom. The molecule has 0 spiro atoms. The van der Waals surface area contributed by atoms with Crippen molar-refractivity contribution >= 4 is 11.9 Å². The lowest BCUT2D eigenvalue weighted by Gasteiger charge is -2.26. The van der Waals surface area contributed by atoms with Crippen LogP contribution in [0.25, 0.3) is 0 Å². The van der Waals surface area contributed by atoms with Crippen LogP contribution in [0.4, 0.5) is 0 Å². The van der Waals surface area contributed by atoms with Crippen LogP contribution in [0.15, 0.2) is 24.3 Å². The number of carbonyl (C=O) groups is 2. The molecule has 2 rings (SSSR count). The quantitative estimate of drug-likeness (QED) is 0.616. The van der Waals surface area contributed by atoms with E-state index in [-0.39, 0.29) is 11.7 Å². The molecule has 1 atom stereocenters. The standard InChI is InChI=1S/C20H30N2O4/c1-14(2)9-12-26-18(24)17(13-15-5-7-16(23)8-6-15)22-19(25)20(21)10-3-4-11-20/h5-8,14,17,23H,3-4,9-13,21H2,1-2H3,(H,22,25)/t17-/m0/s1. The first-order valence-corrected chi connectivity index (χ1v) is 9.34. The summed E-state index contributed by atoms with van der Waals surface area (Å²) in [4.78, 5) is 25.1. The zero-order valence-electron chi connectivity index (χ0n) is 15.7. The van der Waals surface area contributed by atoms with E-state index in [0.29, 0.717) is 31.8 Å². The Morgan fingerprint density at radius 3 is 2.42 bits per heavy atom. The van der Waals surface area contributed by atoms with Gasteiger partial charge in [0.05, 0.1) is 12.1 Å². The molecule has 1 aromatic carbocycles. The molecule has 26 heavy (non-hydrogen) atoms. The lowest BCUT2D eigenvalue weighted by molar-refractivity contribution is -0.148. The summed E-state index contributed by atoms with van der Waals surface area (Å²) in [5.74, 6) is -0.160. The third-order valence-corrected chi connectivity index (χ3v) is 4.85. The number of phenolic OH excluding ortho intramolecular Hbond substituents is 1. The summed E-state index contributed by atoms with van der Waals surface area (Å²) in [5, 5.41) is 12.2. The molecule has 1 saturated carbocycles. The van der Waals surface area contributed by atoms with Crippen molar-refractivity contribution in [1.82, 2.24) is 5.32 Å². The second kappa shape index (κ2) is 9.03. The number of ether oxygens (including phenoxy) is 1. The summed E-state index contributed by atoms with van der Waals surface area (Å²) < 4.78 is 5.36. The van der Waals surface area contributed by atoms with Gasteiger partial charge in [-0.25, -0.2) is 4.79 Å². The molecule has 0 radical (unpaired) electrons. The van der Waals surface area contributed by atoms with Crippen molar-refractivity contribution in [3.8, 4) is 5.75 Å². The van der Waals surface area contributed by atoms with Gasteiger partial charge in [0.25, 0.3) is 0 Å². The summed E-state index contributed by atoms with van der Waals surface area (Å²) in [6, 6.07) is 5.77. The number of hydrogen-bond donors (Lipinski definition) is 3. The number of nitrogens with one attached hydrogen (secondary N) is 1. The summed E-state index contributed by atoms with van der Waals surface area (Å²) in [6.45, 7) is 4.44. The predicted molar refractivity (Wildman–Crippen MR) is 99.5 cm³/mol. The molecule has 1 aliphatic rings. The van der Waals surface area contributed by atoms with Crippen LogP contribution in [0.3, 0.4) is 0 Å². The highest BCUT2D eigenvalue weighted by molar-refractivity contribution is 5.90. The molecular formula is C20H30N2O4. The predicted octanol–water partition coefficient (Wildman–Crippen LogP) is 2.28. The molecule has 144 valence electrons. The van der Waals surface area contributed by atoms with Gasteiger partial charge < -0.3 is 20.9 Å². The van der Waals surface area contributed by atoms with Crippen LogP contribution >= 0.6 is 0 Å². The van der Waals surface area contributed by atoms with Gasteiger partial charge in [0.15, 0.2) is 0 Å². The molecule has 4 N–H and O–H groups in total. The molecule has 0 aromatic heterocycles. The Balaban J connectivity index is 2.05. The van der Waals surface area contributed by atoms with Gasteiger partial charge in [-0.05, 0) is 42.9 Å². The summed E-state index contributed by atoms with van der Waals surface area (Å²) in [7, 11) is 0. The van der Waals surface area contributed by atoms with Crippen molar-refractivity contribution < 1.29 is 19.4 Å². The fraction of sp³-hybridized carbons (Fsp3) is 0.600. The minimum atomic E-state index is -0.897. The topological polar surface area (TPSA) is 102 Å². The number of phenols is 1. The van der Waals surface area contributed by atoms with Gasteiger partial charge >= 0.3 is 5.97 Å². The minimum absolute atomic E-state index is 0.153. The monoisotopic (exact) mass is 362 g/mol. The maximum atomic E-state index is 12.6. The molecule has 6 nitrogen and oxygen atoms in total. The first kappa shape index (κ1) is 20.2. The second-order valence-corrected chi connectivity index (χ2v) is 7.61. The third-order valence-electron chi connectivity index (χ3n) is 4.85. The van der Waals surface area contributed by atoms with Crippen molar-refractivity contribution in [2.24, 2.45) is 11.7 Å². The molecule has 1 fully saturated rings. The SMILES string of the molecule is CC(C)CCOC(=O)[C@H](Cc1ccc(O)cc1)NC(=O)C1(N)CCCC1. The van der Waals surface area contributed by atoms with Crippen LogP contribution in [-0.4, -0.2) is 35.2 Å². The average molecular weight is 362 g/mol. The number of amides is 1. The van der Waals surface area contributed by atoms with Gasteiger partial charge in [-0.1, -0.05) is 38.8 Å². The molecular weight excluding hydrogens is 332 g/mol. The largest absolute Gasteiger partial charge is 0.508 e. The fourth-order valence-electron chi connectivity index (χ4n) is 3.09. The van der Waals surface area contributed by atoms with Crippen molar-refractivity contribution in [2.75, 3.05) is 6.61 Å². The van der Waals surface area contributed by atoms with Gasteiger partial charge in [0, 0.05) is 6.42 Å². The van der Waals surface area contributed by atoms with Gasteiger partial charge in [-0.3, -0.25) is 4.79 Å². The second-order valence-electron chi connectivity index (χ2n) is 7.61. The Hall–Kier alpha value is -2.08. The molecule has 1 aliphatic carbocycles. The molecule has 0 saturated heterocycles. The minimum Gasteiger partial charge on any atom is -0.508 e. The molecule has 1 amide bonds. The van der Waals surface area contributed by atoms with Gasteiger partial charge in [0.1, 0.15) is 11.8 Å². The van der Waals surface area contributed by atoms with E-state index >= 15 is 0 Å². The molecule has 0 unspecified atom stereocenters. The lowest BCUT2D eigenvalue weighted by Crippen LogP contribution is -2.56. The number of benzene rings is 1. The lowest BCUT2D eigenvalue weighted by atomic mass is 9.96. The van der Waals surface area contributed by atoms with E-state index in [2.05, 4.69) is 19.2 Å². The van der Waals surface area contributed by atoms with E-state index in [1.807, 2.05) is 0 Å². The van der Waals surface area contributed by atoms with E-state index in [0.717, 1.165) is 24.8 Å². The van der Waals surface area contributed by atoms with Crippen molar-refractivity contribution in [2.45, 2.75) is 64.0 Å². The van der Waals surface area contributed by atoms with Crippen molar-refractivity contribution in [1.29, 1.82) is 0 Å². The van der Waals surface area contributed by atoms with Crippen LogP contribution < -0.4 is 11.1 Å². The summed E-state index contributed by atoms with van der Waals surface area (Å²) in [6.07, 6.45) is 4.17. The summed E-state index contributed by atoms with van der Waals surface area (Å²) in [5.41, 5.74) is 6.13. The highest BCUT2D eigenvalue weighted by Crippen LogP contribution is 2.27. The van der Waals surface area contributed by atoms with Crippen molar-refractivity contribution in [3.63, 3.8) is 0 Å². The first-order chi connectivity index (χ1) is 12.3. The van der Waals surface area contributed by atoms with E-state index in [4.69, 9.17) is 10.5 Å². The van der Waals surface area contributed by atoms with E-state index in [1.165, 1.54) is 0 Å². The van der Waals surface area contributed by atoms with Crippen LogP contribution in [-0.2, 0) is 20.7 Å². The maximum Gasteiger partial charge on any atom is 0.328 e. The summed E-state index contributed by atoms with van der Waals surface area (Å²) >= 11 is 0. The Bertz CT molecular complexity index is 607. The van der Waals surface area contributed by atoms with Crippen molar-refractivity contribution in [3.05, 3.63) is 29.8 Å². The van der Waals surface area contributed by atoms with E-state index < -0.39 is 17.6 Å². The van der Waals surface area contributed by atoms with Crippen LogP contribution in [0.2, 0.25) is 0 Å².